The van der Waals surface area contributed by atoms with Gasteiger partial charge in [-0.15, -0.1) is 10.2 Å². The highest BCUT2D eigenvalue weighted by Crippen LogP contribution is 2.25. The Hall–Kier alpha value is -3.34. The van der Waals surface area contributed by atoms with Crippen molar-refractivity contribution in [3.05, 3.63) is 88.9 Å². The van der Waals surface area contributed by atoms with Crippen LogP contribution in [0.25, 0.3) is 11.0 Å². The second-order valence-corrected chi connectivity index (χ2v) is 8.50. The number of rotatable bonds is 6. The SMILES string of the molecule is O=C(CCc1nnc2s/c(=C/c3ccc([N+](=O)[O-])cc3)c(=O)n12)Nc1ccc(Cl)c(Cl)c1. The van der Waals surface area contributed by atoms with E-state index in [2.05, 4.69) is 15.5 Å². The molecule has 0 spiro atoms. The molecule has 4 aromatic rings. The number of carbonyl (C=O) groups excluding carboxylic acids is 1. The van der Waals surface area contributed by atoms with E-state index in [1.807, 2.05) is 0 Å². The highest BCUT2D eigenvalue weighted by atomic mass is 35.5. The Bertz CT molecular complexity index is 1450. The lowest BCUT2D eigenvalue weighted by molar-refractivity contribution is -0.384. The Balaban J connectivity index is 1.51. The molecule has 0 radical (unpaired) electrons. The molecular formula is C20H13Cl2N5O4S. The normalized spacial score (nSPS) is 11.8. The van der Waals surface area contributed by atoms with E-state index in [-0.39, 0.29) is 30.0 Å². The van der Waals surface area contributed by atoms with Crippen molar-refractivity contribution in [1.29, 1.82) is 0 Å². The van der Waals surface area contributed by atoms with Gasteiger partial charge in [0.25, 0.3) is 11.2 Å². The molecule has 0 fully saturated rings. The van der Waals surface area contributed by atoms with Crippen LogP contribution in [0.4, 0.5) is 11.4 Å². The van der Waals surface area contributed by atoms with Gasteiger partial charge in [-0.1, -0.05) is 34.5 Å². The summed E-state index contributed by atoms with van der Waals surface area (Å²) in [5.74, 6) is 0.0920. The number of aryl methyl sites for hydroxylation is 1. The first-order valence-corrected chi connectivity index (χ1v) is 10.8. The molecule has 0 saturated heterocycles. The number of halogens is 2. The average Bonchev–Trinajstić information content (AvgIpc) is 3.30. The molecule has 1 N–H and O–H groups in total. The van der Waals surface area contributed by atoms with Crippen LogP contribution in [0.2, 0.25) is 10.0 Å². The number of benzene rings is 2. The number of nitro benzene ring substituents is 1. The second kappa shape index (κ2) is 9.03. The maximum atomic E-state index is 12.8. The molecule has 9 nitrogen and oxygen atoms in total. The van der Waals surface area contributed by atoms with E-state index >= 15 is 0 Å². The predicted molar refractivity (Wildman–Crippen MR) is 122 cm³/mol. The van der Waals surface area contributed by atoms with Gasteiger partial charge >= 0.3 is 0 Å². The monoisotopic (exact) mass is 489 g/mol. The van der Waals surface area contributed by atoms with Gasteiger partial charge in [-0.2, -0.15) is 0 Å². The number of non-ortho nitro benzene ring substituents is 1. The van der Waals surface area contributed by atoms with Crippen molar-refractivity contribution >= 4 is 62.9 Å². The topological polar surface area (TPSA) is 120 Å². The first-order valence-electron chi connectivity index (χ1n) is 9.20. The lowest BCUT2D eigenvalue weighted by Crippen LogP contribution is -2.24. The third-order valence-electron chi connectivity index (χ3n) is 4.50. The molecule has 4 rings (SSSR count). The molecule has 2 heterocycles. The van der Waals surface area contributed by atoms with Gasteiger partial charge in [-0.25, -0.2) is 4.40 Å². The number of hydrogen-bond donors (Lipinski definition) is 1. The molecule has 0 bridgehead atoms. The Morgan fingerprint density at radius 2 is 1.91 bits per heavy atom. The molecule has 0 saturated carbocycles. The van der Waals surface area contributed by atoms with Crippen LogP contribution in [0, 0.1) is 10.1 Å². The van der Waals surface area contributed by atoms with Gasteiger partial charge in [-0.05, 0) is 42.0 Å². The quantitative estimate of drug-likeness (QED) is 0.327. The predicted octanol–water partition coefficient (Wildman–Crippen LogP) is 3.49. The lowest BCUT2D eigenvalue weighted by atomic mass is 10.2. The minimum Gasteiger partial charge on any atom is -0.326 e. The highest BCUT2D eigenvalue weighted by Gasteiger charge is 2.14. The van der Waals surface area contributed by atoms with Crippen LogP contribution >= 0.6 is 34.5 Å². The molecular weight excluding hydrogens is 477 g/mol. The van der Waals surface area contributed by atoms with E-state index in [0.29, 0.717) is 36.6 Å². The third kappa shape index (κ3) is 4.62. The summed E-state index contributed by atoms with van der Waals surface area (Å²) in [6.07, 6.45) is 1.92. The number of fused-ring (bicyclic) bond motifs is 1. The van der Waals surface area contributed by atoms with Gasteiger partial charge in [0.15, 0.2) is 0 Å². The number of nitrogens with zero attached hydrogens (tertiary/aromatic N) is 4. The zero-order valence-electron chi connectivity index (χ0n) is 16.1. The largest absolute Gasteiger partial charge is 0.326 e. The minimum absolute atomic E-state index is 0.0314. The van der Waals surface area contributed by atoms with Gasteiger partial charge in [0, 0.05) is 30.7 Å². The third-order valence-corrected chi connectivity index (χ3v) is 6.19. The summed E-state index contributed by atoms with van der Waals surface area (Å²) in [7, 11) is 0. The molecule has 2 aromatic heterocycles. The van der Waals surface area contributed by atoms with Crippen molar-refractivity contribution in [2.24, 2.45) is 0 Å². The maximum Gasteiger partial charge on any atom is 0.275 e. The van der Waals surface area contributed by atoms with E-state index in [1.54, 1.807) is 36.4 Å². The molecule has 0 atom stereocenters. The molecule has 0 aliphatic carbocycles. The number of aromatic nitrogens is 3. The first-order chi connectivity index (χ1) is 15.3. The van der Waals surface area contributed by atoms with Crippen molar-refractivity contribution in [3.8, 4) is 0 Å². The fraction of sp³-hybridized carbons (Fsp3) is 0.100. The van der Waals surface area contributed by atoms with Crippen molar-refractivity contribution < 1.29 is 9.72 Å². The van der Waals surface area contributed by atoms with Crippen molar-refractivity contribution in [2.75, 3.05) is 5.32 Å². The van der Waals surface area contributed by atoms with E-state index in [9.17, 15) is 19.7 Å². The van der Waals surface area contributed by atoms with Crippen molar-refractivity contribution in [1.82, 2.24) is 14.6 Å². The highest BCUT2D eigenvalue weighted by molar-refractivity contribution is 7.15. The number of amides is 1. The second-order valence-electron chi connectivity index (χ2n) is 6.68. The van der Waals surface area contributed by atoms with E-state index in [0.717, 1.165) is 11.3 Å². The van der Waals surface area contributed by atoms with Crippen molar-refractivity contribution in [2.45, 2.75) is 12.8 Å². The van der Waals surface area contributed by atoms with Gasteiger partial charge in [0.1, 0.15) is 5.82 Å². The van der Waals surface area contributed by atoms with Crippen LogP contribution in [0.5, 0.6) is 0 Å². The lowest BCUT2D eigenvalue weighted by Gasteiger charge is -2.05. The zero-order chi connectivity index (χ0) is 22.8. The molecule has 0 aliphatic heterocycles. The first kappa shape index (κ1) is 21.9. The van der Waals surface area contributed by atoms with Crippen LogP contribution in [0.1, 0.15) is 17.8 Å². The molecule has 162 valence electrons. The number of hydrogen-bond acceptors (Lipinski definition) is 7. The summed E-state index contributed by atoms with van der Waals surface area (Å²) < 4.78 is 1.78. The molecule has 2 aromatic carbocycles. The summed E-state index contributed by atoms with van der Waals surface area (Å²) in [6.45, 7) is 0. The van der Waals surface area contributed by atoms with Gasteiger partial charge in [0.2, 0.25) is 10.9 Å². The maximum absolute atomic E-state index is 12.8. The summed E-state index contributed by atoms with van der Waals surface area (Å²) in [4.78, 5) is 35.8. The van der Waals surface area contributed by atoms with Crippen LogP contribution in [-0.2, 0) is 11.2 Å². The van der Waals surface area contributed by atoms with E-state index < -0.39 is 4.92 Å². The van der Waals surface area contributed by atoms with Crippen LogP contribution < -0.4 is 15.4 Å². The van der Waals surface area contributed by atoms with Crippen LogP contribution in [0.15, 0.2) is 47.3 Å². The Morgan fingerprint density at radius 1 is 1.16 bits per heavy atom. The molecule has 12 heteroatoms. The smallest absolute Gasteiger partial charge is 0.275 e. The summed E-state index contributed by atoms with van der Waals surface area (Å²) >= 11 is 13.0. The fourth-order valence-electron chi connectivity index (χ4n) is 2.94. The van der Waals surface area contributed by atoms with E-state index in [4.69, 9.17) is 23.2 Å². The van der Waals surface area contributed by atoms with Gasteiger partial charge < -0.3 is 5.32 Å². The van der Waals surface area contributed by atoms with Crippen LogP contribution in [0.3, 0.4) is 0 Å². The molecule has 1 amide bonds. The number of nitro groups is 1. The summed E-state index contributed by atoms with van der Waals surface area (Å²) in [5.41, 5.74) is 0.813. The van der Waals surface area contributed by atoms with Gasteiger partial charge in [0.05, 0.1) is 19.5 Å². The van der Waals surface area contributed by atoms with Gasteiger partial charge in [-0.3, -0.25) is 19.7 Å². The number of carbonyl (C=O) groups is 1. The molecule has 32 heavy (non-hydrogen) atoms. The fourth-order valence-corrected chi connectivity index (χ4v) is 4.17. The number of anilines is 1. The van der Waals surface area contributed by atoms with Crippen molar-refractivity contribution in [3.63, 3.8) is 0 Å². The molecule has 0 aliphatic rings. The summed E-state index contributed by atoms with van der Waals surface area (Å²) in [6, 6.07) is 10.6. The average molecular weight is 490 g/mol. The zero-order valence-corrected chi connectivity index (χ0v) is 18.4. The molecule has 0 unspecified atom stereocenters. The Morgan fingerprint density at radius 3 is 2.59 bits per heavy atom. The van der Waals surface area contributed by atoms with Crippen LogP contribution in [-0.4, -0.2) is 25.4 Å². The minimum atomic E-state index is -0.488. The van der Waals surface area contributed by atoms with E-state index in [1.165, 1.54) is 16.5 Å². The number of thiazole rings is 1. The number of nitrogens with one attached hydrogen (secondary N) is 1. The summed E-state index contributed by atoms with van der Waals surface area (Å²) in [5, 5.41) is 22.2. The Kier molecular flexibility index (Phi) is 6.17. The standard InChI is InChI=1S/C20H13Cl2N5O4S/c21-14-6-3-12(10-15(14)22)23-18(28)8-7-17-24-25-20-26(17)19(29)16(32-20)9-11-1-4-13(5-2-11)27(30)31/h1-6,9-10H,7-8H2,(H,23,28)/b16-9+. The Labute approximate surface area is 194 Å².